The third kappa shape index (κ3) is 2.42. The molecule has 0 bridgehead atoms. The molecule has 1 atom stereocenters. The third-order valence-electron chi connectivity index (χ3n) is 4.22. The Morgan fingerprint density at radius 2 is 2.17 bits per heavy atom. The Morgan fingerprint density at radius 1 is 1.33 bits per heavy atom. The molecule has 18 heavy (non-hydrogen) atoms. The highest BCUT2D eigenvalue weighted by Crippen LogP contribution is 2.28. The molecule has 0 aliphatic carbocycles. The van der Waals surface area contributed by atoms with Crippen molar-refractivity contribution in [2.75, 3.05) is 26.2 Å². The molecule has 2 saturated heterocycles. The number of aromatic nitrogens is 2. The molecule has 0 saturated carbocycles. The molecule has 0 radical (unpaired) electrons. The van der Waals surface area contributed by atoms with E-state index in [-0.39, 0.29) is 0 Å². The highest BCUT2D eigenvalue weighted by Gasteiger charge is 2.27. The molecule has 0 aromatic carbocycles. The van der Waals surface area contributed by atoms with E-state index in [4.69, 9.17) is 4.52 Å². The standard InChI is InChI=1S/C13H22N4O/c1-2-17-8-5-10(6-9-17)12-15-13(18-16-12)11-4-3-7-14-11/h10-11,14H,2-9H2,1H3. The van der Waals surface area contributed by atoms with Crippen molar-refractivity contribution in [3.05, 3.63) is 11.7 Å². The number of nitrogens with zero attached hydrogens (tertiary/aromatic N) is 3. The van der Waals surface area contributed by atoms with Gasteiger partial charge in [-0.3, -0.25) is 0 Å². The summed E-state index contributed by atoms with van der Waals surface area (Å²) in [6.45, 7) is 6.76. The Balaban J connectivity index is 1.62. The van der Waals surface area contributed by atoms with Crippen molar-refractivity contribution >= 4 is 0 Å². The number of piperidine rings is 1. The summed E-state index contributed by atoms with van der Waals surface area (Å²) in [6, 6.07) is 0.294. The van der Waals surface area contributed by atoms with Crippen LogP contribution in [0, 0.1) is 0 Å². The Morgan fingerprint density at radius 3 is 2.83 bits per heavy atom. The van der Waals surface area contributed by atoms with Crippen LogP contribution in [0.1, 0.15) is 56.3 Å². The zero-order valence-corrected chi connectivity index (χ0v) is 11.1. The minimum absolute atomic E-state index is 0.294. The van der Waals surface area contributed by atoms with Crippen LogP contribution in [-0.4, -0.2) is 41.2 Å². The van der Waals surface area contributed by atoms with Crippen molar-refractivity contribution in [2.45, 2.75) is 44.6 Å². The first-order valence-electron chi connectivity index (χ1n) is 7.16. The van der Waals surface area contributed by atoms with Crippen molar-refractivity contribution in [3.8, 4) is 0 Å². The summed E-state index contributed by atoms with van der Waals surface area (Å²) < 4.78 is 5.42. The van der Waals surface area contributed by atoms with E-state index < -0.39 is 0 Å². The van der Waals surface area contributed by atoms with Crippen LogP contribution in [0.25, 0.3) is 0 Å². The molecule has 100 valence electrons. The van der Waals surface area contributed by atoms with E-state index in [9.17, 15) is 0 Å². The largest absolute Gasteiger partial charge is 0.338 e. The summed E-state index contributed by atoms with van der Waals surface area (Å²) in [7, 11) is 0. The van der Waals surface area contributed by atoms with E-state index in [0.717, 1.165) is 57.2 Å². The highest BCUT2D eigenvalue weighted by molar-refractivity contribution is 5.01. The molecule has 0 amide bonds. The molecule has 1 aromatic heterocycles. The highest BCUT2D eigenvalue weighted by atomic mass is 16.5. The molecular formula is C13H22N4O. The van der Waals surface area contributed by atoms with E-state index in [1.54, 1.807) is 0 Å². The minimum atomic E-state index is 0.294. The second-order valence-corrected chi connectivity index (χ2v) is 5.35. The van der Waals surface area contributed by atoms with E-state index in [0.29, 0.717) is 12.0 Å². The van der Waals surface area contributed by atoms with Crippen molar-refractivity contribution in [1.29, 1.82) is 0 Å². The van der Waals surface area contributed by atoms with Gasteiger partial charge in [-0.1, -0.05) is 12.1 Å². The quantitative estimate of drug-likeness (QED) is 0.884. The van der Waals surface area contributed by atoms with Crippen LogP contribution in [0.5, 0.6) is 0 Å². The Labute approximate surface area is 108 Å². The molecule has 2 aliphatic rings. The third-order valence-corrected chi connectivity index (χ3v) is 4.22. The van der Waals surface area contributed by atoms with Crippen molar-refractivity contribution in [2.24, 2.45) is 0 Å². The number of nitrogens with one attached hydrogen (secondary N) is 1. The van der Waals surface area contributed by atoms with E-state index in [2.05, 4.69) is 27.3 Å². The predicted molar refractivity (Wildman–Crippen MR) is 68.4 cm³/mol. The summed E-state index contributed by atoms with van der Waals surface area (Å²) >= 11 is 0. The summed E-state index contributed by atoms with van der Waals surface area (Å²) in [4.78, 5) is 7.09. The molecule has 0 spiro atoms. The van der Waals surface area contributed by atoms with Gasteiger partial charge in [0.15, 0.2) is 5.82 Å². The second kappa shape index (κ2) is 5.36. The summed E-state index contributed by atoms with van der Waals surface area (Å²) in [5, 5.41) is 7.59. The monoisotopic (exact) mass is 250 g/mol. The Kier molecular flexibility index (Phi) is 3.61. The maximum absolute atomic E-state index is 5.42. The molecule has 2 aliphatic heterocycles. The van der Waals surface area contributed by atoms with Crippen LogP contribution >= 0.6 is 0 Å². The fourth-order valence-corrected chi connectivity index (χ4v) is 2.96. The van der Waals surface area contributed by atoms with Crippen molar-refractivity contribution in [3.63, 3.8) is 0 Å². The first-order chi connectivity index (χ1) is 8.86. The van der Waals surface area contributed by atoms with Gasteiger partial charge in [-0.2, -0.15) is 4.98 Å². The van der Waals surface area contributed by atoms with Gasteiger partial charge in [0.1, 0.15) is 0 Å². The Bertz CT molecular complexity index is 378. The summed E-state index contributed by atoms with van der Waals surface area (Å²) in [5.41, 5.74) is 0. The van der Waals surface area contributed by atoms with Crippen molar-refractivity contribution in [1.82, 2.24) is 20.4 Å². The molecule has 3 heterocycles. The average molecular weight is 250 g/mol. The smallest absolute Gasteiger partial charge is 0.243 e. The van der Waals surface area contributed by atoms with Crippen LogP contribution in [0.4, 0.5) is 0 Å². The van der Waals surface area contributed by atoms with Gasteiger partial charge >= 0.3 is 0 Å². The van der Waals surface area contributed by atoms with Crippen molar-refractivity contribution < 1.29 is 4.52 Å². The lowest BCUT2D eigenvalue weighted by Crippen LogP contribution is -2.32. The van der Waals surface area contributed by atoms with Crippen LogP contribution in [0.3, 0.4) is 0 Å². The molecule has 5 heteroatoms. The average Bonchev–Trinajstić information content (AvgIpc) is 3.09. The van der Waals surface area contributed by atoms with Crippen LogP contribution < -0.4 is 5.32 Å². The topological polar surface area (TPSA) is 54.2 Å². The number of likely N-dealkylation sites (tertiary alicyclic amines) is 1. The number of hydrogen-bond donors (Lipinski definition) is 1. The van der Waals surface area contributed by atoms with Gasteiger partial charge in [0, 0.05) is 5.92 Å². The second-order valence-electron chi connectivity index (χ2n) is 5.35. The molecule has 1 unspecified atom stereocenters. The zero-order valence-electron chi connectivity index (χ0n) is 11.1. The van der Waals surface area contributed by atoms with Crippen LogP contribution in [0.15, 0.2) is 4.52 Å². The SMILES string of the molecule is CCN1CCC(c2noc(C3CCCN3)n2)CC1. The zero-order chi connectivity index (χ0) is 12.4. The summed E-state index contributed by atoms with van der Waals surface area (Å²) in [5.74, 6) is 2.21. The van der Waals surface area contributed by atoms with Gasteiger partial charge in [0.25, 0.3) is 0 Å². The predicted octanol–water partition coefficient (Wildman–Crippen LogP) is 1.69. The van der Waals surface area contributed by atoms with Gasteiger partial charge < -0.3 is 14.7 Å². The molecule has 5 nitrogen and oxygen atoms in total. The van der Waals surface area contributed by atoms with Crippen LogP contribution in [0.2, 0.25) is 0 Å². The number of rotatable bonds is 3. The summed E-state index contributed by atoms with van der Waals surface area (Å²) in [6.07, 6.45) is 4.64. The maximum Gasteiger partial charge on any atom is 0.243 e. The van der Waals surface area contributed by atoms with Gasteiger partial charge in [0.2, 0.25) is 5.89 Å². The lowest BCUT2D eigenvalue weighted by molar-refractivity contribution is 0.217. The lowest BCUT2D eigenvalue weighted by Gasteiger charge is -2.29. The molecule has 3 rings (SSSR count). The van der Waals surface area contributed by atoms with Crippen LogP contribution in [-0.2, 0) is 0 Å². The molecular weight excluding hydrogens is 228 g/mol. The van der Waals surface area contributed by atoms with E-state index in [1.165, 1.54) is 6.42 Å². The fourth-order valence-electron chi connectivity index (χ4n) is 2.96. The fraction of sp³-hybridized carbons (Fsp3) is 0.846. The van der Waals surface area contributed by atoms with Gasteiger partial charge in [-0.25, -0.2) is 0 Å². The van der Waals surface area contributed by atoms with Gasteiger partial charge in [0.05, 0.1) is 6.04 Å². The van der Waals surface area contributed by atoms with E-state index in [1.807, 2.05) is 0 Å². The first-order valence-corrected chi connectivity index (χ1v) is 7.16. The lowest BCUT2D eigenvalue weighted by atomic mass is 9.96. The molecule has 2 fully saturated rings. The first kappa shape index (κ1) is 12.1. The number of hydrogen-bond acceptors (Lipinski definition) is 5. The van der Waals surface area contributed by atoms with E-state index >= 15 is 0 Å². The molecule has 1 N–H and O–H groups in total. The van der Waals surface area contributed by atoms with Gasteiger partial charge in [-0.05, 0) is 51.9 Å². The maximum atomic E-state index is 5.42. The molecule has 1 aromatic rings. The Hall–Kier alpha value is -0.940. The normalized spacial score (nSPS) is 26.8. The minimum Gasteiger partial charge on any atom is -0.338 e. The van der Waals surface area contributed by atoms with Gasteiger partial charge in [-0.15, -0.1) is 0 Å².